The van der Waals surface area contributed by atoms with E-state index in [4.69, 9.17) is 4.74 Å². The molecule has 0 saturated heterocycles. The zero-order chi connectivity index (χ0) is 14.8. The number of hydrogen-bond acceptors (Lipinski definition) is 2. The molecule has 2 nitrogen and oxygen atoms in total. The van der Waals surface area contributed by atoms with E-state index in [0.717, 1.165) is 12.1 Å². The third kappa shape index (κ3) is 3.23. The summed E-state index contributed by atoms with van der Waals surface area (Å²) in [6.07, 6.45) is -4.36. The van der Waals surface area contributed by atoms with Gasteiger partial charge in [0.15, 0.2) is 0 Å². The Morgan fingerprint density at radius 1 is 1.10 bits per heavy atom. The van der Waals surface area contributed by atoms with Crippen molar-refractivity contribution in [1.82, 2.24) is 0 Å². The maximum atomic E-state index is 12.6. The molecular formula is C15H13F3O2. The number of phenolic OH excluding ortho intramolecular Hbond substituents is 1. The molecular weight excluding hydrogens is 269 g/mol. The number of rotatable bonds is 3. The fourth-order valence-electron chi connectivity index (χ4n) is 1.76. The number of alkyl halides is 3. The van der Waals surface area contributed by atoms with Gasteiger partial charge >= 0.3 is 6.18 Å². The first-order chi connectivity index (χ1) is 9.38. The molecule has 106 valence electrons. The molecule has 2 aromatic rings. The summed E-state index contributed by atoms with van der Waals surface area (Å²) in [6, 6.07) is 9.77. The van der Waals surface area contributed by atoms with E-state index in [2.05, 4.69) is 0 Å². The lowest BCUT2D eigenvalue weighted by molar-refractivity contribution is -0.137. The zero-order valence-corrected chi connectivity index (χ0v) is 10.7. The van der Waals surface area contributed by atoms with Gasteiger partial charge in [0.25, 0.3) is 0 Å². The second-order valence-corrected chi connectivity index (χ2v) is 4.39. The second kappa shape index (κ2) is 5.45. The van der Waals surface area contributed by atoms with Gasteiger partial charge in [-0.15, -0.1) is 0 Å². The second-order valence-electron chi connectivity index (χ2n) is 4.39. The van der Waals surface area contributed by atoms with Crippen molar-refractivity contribution >= 4 is 0 Å². The van der Waals surface area contributed by atoms with Crippen molar-refractivity contribution in [3.63, 3.8) is 0 Å². The van der Waals surface area contributed by atoms with Crippen LogP contribution in [0.15, 0.2) is 42.5 Å². The summed E-state index contributed by atoms with van der Waals surface area (Å²) in [6.45, 7) is 1.69. The van der Waals surface area contributed by atoms with Crippen molar-refractivity contribution in [2.75, 3.05) is 0 Å². The third-order valence-electron chi connectivity index (χ3n) is 2.90. The van der Waals surface area contributed by atoms with Gasteiger partial charge in [0.1, 0.15) is 18.1 Å². The molecule has 0 heterocycles. The smallest absolute Gasteiger partial charge is 0.416 e. The van der Waals surface area contributed by atoms with E-state index in [0.29, 0.717) is 16.9 Å². The van der Waals surface area contributed by atoms with Gasteiger partial charge in [-0.2, -0.15) is 13.2 Å². The largest absolute Gasteiger partial charge is 0.508 e. The molecule has 1 N–H and O–H groups in total. The Hall–Kier alpha value is -2.17. The summed E-state index contributed by atoms with van der Waals surface area (Å²) in [5.41, 5.74) is 0.272. The average molecular weight is 282 g/mol. The molecule has 5 heteroatoms. The predicted octanol–water partition coefficient (Wildman–Crippen LogP) is 4.30. The molecule has 0 saturated carbocycles. The predicted molar refractivity (Wildman–Crippen MR) is 68.6 cm³/mol. The lowest BCUT2D eigenvalue weighted by atomic mass is 10.1. The van der Waals surface area contributed by atoms with Gasteiger partial charge in [-0.3, -0.25) is 0 Å². The normalized spacial score (nSPS) is 11.4. The van der Waals surface area contributed by atoms with Crippen LogP contribution in [0.1, 0.15) is 16.7 Å². The molecule has 0 atom stereocenters. The zero-order valence-electron chi connectivity index (χ0n) is 10.7. The van der Waals surface area contributed by atoms with Crippen LogP contribution in [0.4, 0.5) is 13.2 Å². The Morgan fingerprint density at radius 2 is 1.80 bits per heavy atom. The van der Waals surface area contributed by atoms with Crippen LogP contribution in [0.2, 0.25) is 0 Å². The van der Waals surface area contributed by atoms with Crippen molar-refractivity contribution in [1.29, 1.82) is 0 Å². The Balaban J connectivity index is 2.13. The fraction of sp³-hybridized carbons (Fsp3) is 0.200. The summed E-state index contributed by atoms with van der Waals surface area (Å²) in [4.78, 5) is 0. The van der Waals surface area contributed by atoms with E-state index in [1.807, 2.05) is 0 Å². The highest BCUT2D eigenvalue weighted by Crippen LogP contribution is 2.30. The monoisotopic (exact) mass is 282 g/mol. The number of aromatic hydroxyl groups is 1. The Labute approximate surface area is 114 Å². The van der Waals surface area contributed by atoms with E-state index < -0.39 is 11.7 Å². The molecule has 0 radical (unpaired) electrons. The fourth-order valence-corrected chi connectivity index (χ4v) is 1.76. The number of benzene rings is 2. The van der Waals surface area contributed by atoms with Crippen LogP contribution in [0.25, 0.3) is 0 Å². The van der Waals surface area contributed by atoms with Crippen LogP contribution < -0.4 is 4.74 Å². The highest BCUT2D eigenvalue weighted by Gasteiger charge is 2.30. The van der Waals surface area contributed by atoms with Gasteiger partial charge in [0, 0.05) is 5.56 Å². The summed E-state index contributed by atoms with van der Waals surface area (Å²) in [5.74, 6) is 0.536. The van der Waals surface area contributed by atoms with Crippen LogP contribution in [-0.2, 0) is 12.8 Å². The van der Waals surface area contributed by atoms with Crippen molar-refractivity contribution in [3.05, 3.63) is 59.2 Å². The standard InChI is InChI=1S/C15H13F3O2/c1-10-13(19)6-3-7-14(10)20-9-11-4-2-5-12(8-11)15(16,17)18/h2-8,19H,9H2,1H3. The summed E-state index contributed by atoms with van der Waals surface area (Å²) in [5, 5.41) is 9.52. The molecule has 0 aromatic heterocycles. The van der Waals surface area contributed by atoms with Crippen LogP contribution in [0.3, 0.4) is 0 Å². The third-order valence-corrected chi connectivity index (χ3v) is 2.90. The average Bonchev–Trinajstić information content (AvgIpc) is 2.40. The van der Waals surface area contributed by atoms with Crippen LogP contribution in [0, 0.1) is 6.92 Å². The number of phenols is 1. The van der Waals surface area contributed by atoms with E-state index >= 15 is 0 Å². The summed E-state index contributed by atoms with van der Waals surface area (Å²) in [7, 11) is 0. The molecule has 0 amide bonds. The summed E-state index contributed by atoms with van der Waals surface area (Å²) >= 11 is 0. The SMILES string of the molecule is Cc1c(O)cccc1OCc1cccc(C(F)(F)F)c1. The van der Waals surface area contributed by atoms with Crippen LogP contribution in [-0.4, -0.2) is 5.11 Å². The molecule has 0 aliphatic rings. The lowest BCUT2D eigenvalue weighted by Crippen LogP contribution is -2.06. The van der Waals surface area contributed by atoms with Gasteiger partial charge in [-0.25, -0.2) is 0 Å². The molecule has 0 aliphatic heterocycles. The van der Waals surface area contributed by atoms with E-state index in [1.165, 1.54) is 12.1 Å². The molecule has 0 fully saturated rings. The van der Waals surface area contributed by atoms with E-state index in [-0.39, 0.29) is 12.4 Å². The topological polar surface area (TPSA) is 29.5 Å². The van der Waals surface area contributed by atoms with Gasteiger partial charge in [0.05, 0.1) is 5.56 Å². The molecule has 0 aliphatic carbocycles. The first-order valence-corrected chi connectivity index (χ1v) is 5.95. The van der Waals surface area contributed by atoms with E-state index in [1.54, 1.807) is 25.1 Å². The Bertz CT molecular complexity index is 606. The highest BCUT2D eigenvalue weighted by atomic mass is 19.4. The Morgan fingerprint density at radius 3 is 2.50 bits per heavy atom. The quantitative estimate of drug-likeness (QED) is 0.909. The minimum absolute atomic E-state index is 0.00815. The first-order valence-electron chi connectivity index (χ1n) is 5.95. The lowest BCUT2D eigenvalue weighted by Gasteiger charge is -2.12. The van der Waals surface area contributed by atoms with Crippen LogP contribution >= 0.6 is 0 Å². The van der Waals surface area contributed by atoms with Crippen molar-refractivity contribution in [2.24, 2.45) is 0 Å². The minimum atomic E-state index is -4.36. The highest BCUT2D eigenvalue weighted by molar-refractivity contribution is 5.42. The van der Waals surface area contributed by atoms with Crippen molar-refractivity contribution in [3.8, 4) is 11.5 Å². The molecule has 2 rings (SSSR count). The van der Waals surface area contributed by atoms with Crippen LogP contribution in [0.5, 0.6) is 11.5 Å². The van der Waals surface area contributed by atoms with Crippen molar-refractivity contribution in [2.45, 2.75) is 19.7 Å². The van der Waals surface area contributed by atoms with Gasteiger partial charge in [0.2, 0.25) is 0 Å². The molecule has 2 aromatic carbocycles. The number of ether oxygens (including phenoxy) is 1. The minimum Gasteiger partial charge on any atom is -0.508 e. The van der Waals surface area contributed by atoms with E-state index in [9.17, 15) is 18.3 Å². The summed E-state index contributed by atoms with van der Waals surface area (Å²) < 4.78 is 43.2. The number of halogens is 3. The molecule has 0 spiro atoms. The molecule has 0 unspecified atom stereocenters. The Kier molecular flexibility index (Phi) is 3.88. The molecule has 0 bridgehead atoms. The first kappa shape index (κ1) is 14.2. The molecule has 20 heavy (non-hydrogen) atoms. The maximum absolute atomic E-state index is 12.6. The van der Waals surface area contributed by atoms with Gasteiger partial charge in [-0.05, 0) is 36.8 Å². The van der Waals surface area contributed by atoms with Crippen molar-refractivity contribution < 1.29 is 23.0 Å². The maximum Gasteiger partial charge on any atom is 0.416 e. The van der Waals surface area contributed by atoms with Gasteiger partial charge < -0.3 is 9.84 Å². The number of hydrogen-bond donors (Lipinski definition) is 1. The van der Waals surface area contributed by atoms with Gasteiger partial charge in [-0.1, -0.05) is 18.2 Å².